The van der Waals surface area contributed by atoms with Crippen LogP contribution in [0.5, 0.6) is 0 Å². The first-order valence-electron chi connectivity index (χ1n) is 11.1. The summed E-state index contributed by atoms with van der Waals surface area (Å²) in [6, 6.07) is 0. The van der Waals surface area contributed by atoms with Crippen LogP contribution >= 0.6 is 0 Å². The third kappa shape index (κ3) is 15.2. The number of rotatable bonds is 14. The van der Waals surface area contributed by atoms with Crippen molar-refractivity contribution in [2.24, 2.45) is 11.8 Å². The van der Waals surface area contributed by atoms with Crippen molar-refractivity contribution in [3.05, 3.63) is 96.2 Å². The zero-order valence-electron chi connectivity index (χ0n) is 20.1. The average molecular weight is 441 g/mol. The Morgan fingerprint density at radius 2 is 1.31 bits per heavy atom. The summed E-state index contributed by atoms with van der Waals surface area (Å²) in [5, 5.41) is 29.6. The largest absolute Gasteiger partial charge is 0.478 e. The van der Waals surface area contributed by atoms with Gasteiger partial charge in [0, 0.05) is 17.4 Å². The van der Waals surface area contributed by atoms with Crippen molar-refractivity contribution < 1.29 is 20.1 Å². The number of unbranched alkanes of at least 4 members (excludes halogenated alkanes) is 1. The van der Waals surface area contributed by atoms with Crippen LogP contribution < -0.4 is 0 Å². The highest BCUT2D eigenvalue weighted by Gasteiger charge is 2.24. The maximum absolute atomic E-state index is 10.7. The second-order valence-corrected chi connectivity index (χ2v) is 8.07. The van der Waals surface area contributed by atoms with E-state index in [1.54, 1.807) is 37.3 Å². The Balaban J connectivity index is 4.38. The van der Waals surface area contributed by atoms with Crippen LogP contribution in [0.3, 0.4) is 0 Å². The zero-order chi connectivity index (χ0) is 24.4. The van der Waals surface area contributed by atoms with Crippen LogP contribution in [0.25, 0.3) is 0 Å². The fourth-order valence-electron chi connectivity index (χ4n) is 2.60. The van der Waals surface area contributed by atoms with Crippen molar-refractivity contribution in [1.82, 2.24) is 0 Å². The molecule has 0 aromatic rings. The van der Waals surface area contributed by atoms with Gasteiger partial charge in [0.05, 0.1) is 12.2 Å². The Morgan fingerprint density at radius 1 is 0.750 bits per heavy atom. The van der Waals surface area contributed by atoms with Crippen LogP contribution in [0.2, 0.25) is 0 Å². The summed E-state index contributed by atoms with van der Waals surface area (Å²) in [5.41, 5.74) is 1.53. The molecular formula is C28H40O4. The highest BCUT2D eigenvalue weighted by Crippen LogP contribution is 2.19. The first-order valence-corrected chi connectivity index (χ1v) is 11.1. The number of hydrogen-bond donors (Lipinski definition) is 3. The molecule has 0 aliphatic heterocycles. The number of allylic oxidation sites excluding steroid dienone is 13. The molecule has 0 radical (unpaired) electrons. The molecular weight excluding hydrogens is 400 g/mol. The molecule has 3 N–H and O–H groups in total. The average Bonchev–Trinajstić information content (AvgIpc) is 2.75. The monoisotopic (exact) mass is 440 g/mol. The summed E-state index contributed by atoms with van der Waals surface area (Å²) < 4.78 is 0. The smallest absolute Gasteiger partial charge is 0.331 e. The van der Waals surface area contributed by atoms with Gasteiger partial charge in [0.2, 0.25) is 0 Å². The number of carbonyl (C=O) groups is 1. The van der Waals surface area contributed by atoms with Crippen LogP contribution in [0.15, 0.2) is 96.2 Å². The van der Waals surface area contributed by atoms with Gasteiger partial charge in [-0.25, -0.2) is 4.79 Å². The number of aliphatic carboxylic acids is 1. The second kappa shape index (κ2) is 17.9. The number of carboxylic acids is 1. The van der Waals surface area contributed by atoms with Crippen molar-refractivity contribution in [2.75, 3.05) is 0 Å². The SMILES string of the molecule is CC(C)=CC=CC=CC=CC(O)C(C)C(O)C(C)C=CCCC=CC=CC=C(C)C(=O)O. The van der Waals surface area contributed by atoms with Crippen molar-refractivity contribution in [1.29, 1.82) is 0 Å². The van der Waals surface area contributed by atoms with Gasteiger partial charge in [-0.15, -0.1) is 0 Å². The minimum absolute atomic E-state index is 0.0661. The molecule has 0 amide bonds. The van der Waals surface area contributed by atoms with Gasteiger partial charge >= 0.3 is 5.97 Å². The number of hydrogen-bond acceptors (Lipinski definition) is 3. The minimum atomic E-state index is -0.919. The van der Waals surface area contributed by atoms with Crippen molar-refractivity contribution in [3.8, 4) is 0 Å². The lowest BCUT2D eigenvalue weighted by atomic mass is 9.88. The standard InChI is InChI=1S/C28H40O4/c1-22(2)18-14-10-9-13-17-21-26(29)25(5)27(30)23(3)19-15-11-7-6-8-12-16-20-24(4)28(31)32/h6,8-10,12-21,23,25-27,29-30H,7,11H2,1-5H3,(H,31,32). The molecule has 0 spiro atoms. The highest BCUT2D eigenvalue weighted by molar-refractivity contribution is 5.86. The van der Waals surface area contributed by atoms with E-state index in [0.717, 1.165) is 12.8 Å². The summed E-state index contributed by atoms with van der Waals surface area (Å²) in [6.45, 7) is 9.41. The molecule has 0 rings (SSSR count). The van der Waals surface area contributed by atoms with E-state index >= 15 is 0 Å². The van der Waals surface area contributed by atoms with Crippen LogP contribution in [-0.2, 0) is 4.79 Å². The fraction of sp³-hybridized carbons (Fsp3) is 0.393. The summed E-state index contributed by atoms with van der Waals surface area (Å²) in [7, 11) is 0. The molecule has 0 aromatic carbocycles. The van der Waals surface area contributed by atoms with Gasteiger partial charge < -0.3 is 15.3 Å². The molecule has 4 atom stereocenters. The van der Waals surface area contributed by atoms with Gasteiger partial charge in [0.15, 0.2) is 0 Å². The fourth-order valence-corrected chi connectivity index (χ4v) is 2.60. The van der Waals surface area contributed by atoms with E-state index in [-0.39, 0.29) is 11.8 Å². The van der Waals surface area contributed by atoms with Crippen LogP contribution in [0.1, 0.15) is 47.5 Å². The van der Waals surface area contributed by atoms with E-state index in [1.165, 1.54) is 5.57 Å². The predicted molar refractivity (Wildman–Crippen MR) is 135 cm³/mol. The number of aliphatic hydroxyl groups is 2. The maximum Gasteiger partial charge on any atom is 0.331 e. The molecule has 0 saturated heterocycles. The van der Waals surface area contributed by atoms with Gasteiger partial charge in [-0.05, 0) is 33.6 Å². The lowest BCUT2D eigenvalue weighted by Crippen LogP contribution is -2.32. The van der Waals surface area contributed by atoms with Gasteiger partial charge in [0.25, 0.3) is 0 Å². The molecule has 32 heavy (non-hydrogen) atoms. The summed E-state index contributed by atoms with van der Waals surface area (Å²) >= 11 is 0. The Labute approximate surface area is 194 Å². The number of aliphatic hydroxyl groups excluding tert-OH is 2. The molecule has 0 aliphatic carbocycles. The zero-order valence-corrected chi connectivity index (χ0v) is 20.1. The van der Waals surface area contributed by atoms with E-state index in [9.17, 15) is 15.0 Å². The molecule has 4 heteroatoms. The summed E-state index contributed by atoms with van der Waals surface area (Å²) in [6.07, 6.45) is 26.4. The first-order chi connectivity index (χ1) is 15.2. The van der Waals surface area contributed by atoms with Crippen LogP contribution in [-0.4, -0.2) is 33.5 Å². The molecule has 0 fully saturated rings. The Kier molecular flexibility index (Phi) is 16.4. The van der Waals surface area contributed by atoms with Crippen molar-refractivity contribution in [2.45, 2.75) is 59.7 Å². The normalized spacial score (nSPS) is 17.3. The van der Waals surface area contributed by atoms with E-state index in [4.69, 9.17) is 5.11 Å². The molecule has 0 heterocycles. The lowest BCUT2D eigenvalue weighted by Gasteiger charge is -2.25. The van der Waals surface area contributed by atoms with Crippen LogP contribution in [0, 0.1) is 11.8 Å². The Hall–Kier alpha value is -2.69. The molecule has 0 saturated carbocycles. The second-order valence-electron chi connectivity index (χ2n) is 8.07. The summed E-state index contributed by atoms with van der Waals surface area (Å²) in [4.78, 5) is 10.7. The topological polar surface area (TPSA) is 77.8 Å². The summed E-state index contributed by atoms with van der Waals surface area (Å²) in [5.74, 6) is -1.27. The highest BCUT2D eigenvalue weighted by atomic mass is 16.4. The van der Waals surface area contributed by atoms with E-state index in [1.807, 2.05) is 82.4 Å². The van der Waals surface area contributed by atoms with E-state index < -0.39 is 18.2 Å². The minimum Gasteiger partial charge on any atom is -0.478 e. The molecule has 0 aromatic heterocycles. The van der Waals surface area contributed by atoms with Gasteiger partial charge in [0.1, 0.15) is 0 Å². The van der Waals surface area contributed by atoms with Gasteiger partial charge in [-0.1, -0.05) is 104 Å². The van der Waals surface area contributed by atoms with E-state index in [2.05, 4.69) is 0 Å². The third-order valence-corrected chi connectivity index (χ3v) is 4.78. The Morgan fingerprint density at radius 3 is 1.97 bits per heavy atom. The predicted octanol–water partition coefficient (Wildman–Crippen LogP) is 6.09. The molecule has 0 aliphatic rings. The van der Waals surface area contributed by atoms with Gasteiger partial charge in [-0.3, -0.25) is 0 Å². The van der Waals surface area contributed by atoms with E-state index in [0.29, 0.717) is 5.57 Å². The first kappa shape index (κ1) is 29.3. The van der Waals surface area contributed by atoms with Gasteiger partial charge in [-0.2, -0.15) is 0 Å². The molecule has 4 unspecified atom stereocenters. The molecule has 0 bridgehead atoms. The quantitative estimate of drug-likeness (QED) is 0.132. The molecule has 4 nitrogen and oxygen atoms in total. The lowest BCUT2D eigenvalue weighted by molar-refractivity contribution is -0.132. The maximum atomic E-state index is 10.7. The molecule has 176 valence electrons. The Bertz CT molecular complexity index is 771. The van der Waals surface area contributed by atoms with Crippen molar-refractivity contribution in [3.63, 3.8) is 0 Å². The van der Waals surface area contributed by atoms with Crippen molar-refractivity contribution >= 4 is 5.97 Å². The van der Waals surface area contributed by atoms with Crippen LogP contribution in [0.4, 0.5) is 0 Å². The third-order valence-electron chi connectivity index (χ3n) is 4.78. The number of carboxylic acid groups (broad SMARTS) is 1.